The van der Waals surface area contributed by atoms with Crippen LogP contribution < -0.4 is 0 Å². The third-order valence-corrected chi connectivity index (χ3v) is 0. The van der Waals surface area contributed by atoms with Gasteiger partial charge in [-0.2, -0.15) is 0 Å². The minimum atomic E-state index is 0. The molecule has 0 atom stereocenters. The number of hydrogen-bond acceptors (Lipinski definition) is 0. The molecule has 0 aliphatic carbocycles. The number of rotatable bonds is 0. The van der Waals surface area contributed by atoms with E-state index in [1.165, 1.54) is 0 Å². The van der Waals surface area contributed by atoms with Gasteiger partial charge in [0.2, 0.25) is 0 Å². The molecule has 0 aromatic heterocycles. The van der Waals surface area contributed by atoms with E-state index in [0.29, 0.717) is 0 Å². The van der Waals surface area contributed by atoms with Gasteiger partial charge in [0.1, 0.15) is 0 Å². The van der Waals surface area contributed by atoms with Gasteiger partial charge in [-0.1, -0.05) is 0 Å². The van der Waals surface area contributed by atoms with E-state index in [1.54, 1.807) is 0 Å². The fourth-order valence-corrected chi connectivity index (χ4v) is 0. The van der Waals surface area contributed by atoms with Gasteiger partial charge in [-0.25, -0.2) is 0 Å². The topological polar surface area (TPSA) is 200 Å². The average Bonchev–Trinajstić information content (AvgIpc) is 0. The quantitative estimate of drug-likeness (QED) is 0.351. The van der Waals surface area contributed by atoms with Crippen molar-refractivity contribution in [3.05, 3.63) is 0 Å². The minimum Gasteiger partial charge on any atom is -2.00 e. The summed E-state index contributed by atoms with van der Waals surface area (Å²) < 4.78 is 0. The second kappa shape index (κ2) is 162. The van der Waals surface area contributed by atoms with Crippen LogP contribution in [0.1, 0.15) is 0 Å². The molecule has 70 valence electrons. The van der Waals surface area contributed by atoms with Gasteiger partial charge in [-0.05, 0) is 0 Å². The Hall–Kier alpha value is 3.69. The zero-order valence-corrected chi connectivity index (χ0v) is 11.7. The summed E-state index contributed by atoms with van der Waals surface area (Å²) in [6, 6.07) is 0. The molecule has 0 fully saturated rings. The zero-order valence-electron chi connectivity index (χ0n) is 4.49. The summed E-state index contributed by atoms with van der Waals surface area (Å²) >= 11 is 0. The van der Waals surface area contributed by atoms with Crippen molar-refractivity contribution in [3.8, 4) is 0 Å². The van der Waals surface area contributed by atoms with Crippen LogP contribution in [0, 0.1) is 76.3 Å². The van der Waals surface area contributed by atoms with E-state index in [1.807, 2.05) is 0 Å². The Bertz CT molecular complexity index is 14.4. The van der Waals surface area contributed by atoms with E-state index >= 15 is 0 Å². The molecule has 0 aliphatic rings. The van der Waals surface area contributed by atoms with Crippen LogP contribution >= 0.6 is 0 Å². The van der Waals surface area contributed by atoms with Crippen LogP contribution in [0.15, 0.2) is 0 Å². The van der Waals surface area contributed by atoms with Gasteiger partial charge in [0, 0.05) is 0 Å². The summed E-state index contributed by atoms with van der Waals surface area (Å²) in [6.07, 6.45) is 0. The van der Waals surface area contributed by atoms with Gasteiger partial charge < -0.3 is 38.3 Å². The fourth-order valence-electron chi connectivity index (χ4n) is 0. The summed E-state index contributed by atoms with van der Waals surface area (Å²) in [6.45, 7) is 0. The third-order valence-electron chi connectivity index (χ3n) is 0. The smallest absolute Gasteiger partial charge is 2.00 e. The van der Waals surface area contributed by atoms with Gasteiger partial charge in [-0.3, -0.25) is 0 Å². The van der Waals surface area contributed by atoms with Crippen molar-refractivity contribution in [2.45, 2.75) is 0 Å². The molecule has 0 aliphatic heterocycles. The van der Waals surface area contributed by atoms with Crippen molar-refractivity contribution in [1.82, 2.24) is 0 Å². The summed E-state index contributed by atoms with van der Waals surface area (Å²) in [7, 11) is 0. The monoisotopic (exact) mass is 536 g/mol. The average molecular weight is 533 g/mol. The molecule has 0 unspecified atom stereocenters. The maximum Gasteiger partial charge on any atom is 4.00 e. The van der Waals surface area contributed by atoms with Gasteiger partial charge >= 0.3 is 120 Å². The van der Waals surface area contributed by atoms with Gasteiger partial charge in [0.05, 0.1) is 0 Å². The van der Waals surface area contributed by atoms with E-state index in [-0.39, 0.29) is 158 Å². The molecule has 0 saturated carbocycles. The molecule has 11 heteroatoms. The Balaban J connectivity index is 0. The van der Waals surface area contributed by atoms with Gasteiger partial charge in [0.15, 0.2) is 0 Å². The zero-order chi connectivity index (χ0) is 0. The predicted molar refractivity (Wildman–Crippen MR) is 4.81 cm³/mol. The van der Waals surface area contributed by atoms with Crippen molar-refractivity contribution in [1.29, 1.82) is 0 Å². The predicted octanol–water partition coefficient (Wildman–Crippen LogP) is -0.837. The van der Waals surface area contributed by atoms with Crippen LogP contribution in [0.4, 0.5) is 0 Å². The molecule has 0 heterocycles. The van der Waals surface area contributed by atoms with Crippen molar-refractivity contribution < 1.29 is 158 Å². The Morgan fingerprint density at radius 2 is 0.273 bits per heavy atom. The molecular weight excluding hydrogens is 533 g/mol. The van der Waals surface area contributed by atoms with Crippen LogP contribution in [0.2, 0.25) is 0 Å². The largest absolute Gasteiger partial charge is 4.00 e. The molecule has 0 aromatic rings. The minimum absolute atomic E-state index is 0. The summed E-state index contributed by atoms with van der Waals surface area (Å²) in [5.41, 5.74) is 0. The van der Waals surface area contributed by atoms with E-state index in [9.17, 15) is 0 Å². The van der Waals surface area contributed by atoms with Gasteiger partial charge in [-0.15, -0.1) is 0 Å². The first-order chi connectivity index (χ1) is 0. The van der Waals surface area contributed by atoms with Crippen molar-refractivity contribution in [2.75, 3.05) is 0 Å². The van der Waals surface area contributed by atoms with Crippen molar-refractivity contribution >= 4 is 0 Å². The Kier molecular flexibility index (Phi) is 2970. The second-order valence-electron chi connectivity index (χ2n) is 0. The maximum atomic E-state index is 0. The molecule has 0 N–H and O–H groups in total. The van der Waals surface area contributed by atoms with E-state index < -0.39 is 0 Å². The Morgan fingerprint density at radius 3 is 0.273 bits per heavy atom. The first kappa shape index (κ1) is 202. The molecule has 0 bridgehead atoms. The third kappa shape index (κ3) is 137. The Morgan fingerprint density at radius 1 is 0.273 bits per heavy atom. The van der Waals surface area contributed by atoms with Crippen molar-refractivity contribution in [2.24, 2.45) is 0 Å². The van der Waals surface area contributed by atoms with Crippen LogP contribution in [0.25, 0.3) is 0 Å². The Labute approximate surface area is 155 Å². The van der Waals surface area contributed by atoms with Crippen LogP contribution in [0.5, 0.6) is 0 Å². The van der Waals surface area contributed by atoms with Crippen LogP contribution in [-0.2, 0) is 81.8 Å². The van der Waals surface area contributed by atoms with Crippen LogP contribution in [-0.4, -0.2) is 0 Å². The van der Waals surface area contributed by atoms with E-state index in [4.69, 9.17) is 0 Å². The first-order valence-electron chi connectivity index (χ1n) is 0. The molecule has 0 rings (SSSR count). The standard InChI is InChI=1S/2Dy.7O.2Ti/q2*+3;7*-2;2*+4. The fraction of sp³-hybridized carbons (Fsp3) is 0. The van der Waals surface area contributed by atoms with E-state index in [2.05, 4.69) is 0 Å². The molecule has 0 amide bonds. The van der Waals surface area contributed by atoms with Crippen LogP contribution in [0.3, 0.4) is 0 Å². The summed E-state index contributed by atoms with van der Waals surface area (Å²) in [4.78, 5) is 0. The molecule has 0 spiro atoms. The second-order valence-corrected chi connectivity index (χ2v) is 0. The molecule has 7 nitrogen and oxygen atoms in total. The molecular formula is Dy2O7Ti2. The summed E-state index contributed by atoms with van der Waals surface area (Å²) in [5, 5.41) is 0. The van der Waals surface area contributed by atoms with E-state index in [0.717, 1.165) is 0 Å². The molecule has 0 saturated heterocycles. The first-order valence-corrected chi connectivity index (χ1v) is 0. The maximum absolute atomic E-state index is 0. The van der Waals surface area contributed by atoms with Gasteiger partial charge in [0.25, 0.3) is 0 Å². The number of hydrogen-bond donors (Lipinski definition) is 0. The summed E-state index contributed by atoms with van der Waals surface area (Å²) in [5.74, 6) is 0. The molecule has 11 heavy (non-hydrogen) atoms. The normalized spacial score (nSPS) is 0. The molecule has 2 radical (unpaired) electrons. The van der Waals surface area contributed by atoms with Crippen molar-refractivity contribution in [3.63, 3.8) is 0 Å². The SMILES string of the molecule is [Dy+3].[Dy+3].[O-2].[O-2].[O-2].[O-2].[O-2].[O-2].[O-2].[Ti+4].[Ti+4]. The molecule has 0 aromatic carbocycles.